The van der Waals surface area contributed by atoms with E-state index in [4.69, 9.17) is 5.73 Å². The van der Waals surface area contributed by atoms with Gasteiger partial charge < -0.3 is 5.73 Å². The van der Waals surface area contributed by atoms with Gasteiger partial charge in [0.25, 0.3) is 0 Å². The molecule has 0 aliphatic carbocycles. The molecule has 0 heterocycles. The molecule has 21 heavy (non-hydrogen) atoms. The molecule has 0 saturated carbocycles. The van der Waals surface area contributed by atoms with Crippen LogP contribution in [0.1, 0.15) is 46.1 Å². The lowest BCUT2D eigenvalue weighted by Gasteiger charge is -2.30. The minimum Gasteiger partial charge on any atom is -0.330 e. The van der Waals surface area contributed by atoms with Crippen LogP contribution >= 0.6 is 0 Å². The van der Waals surface area contributed by atoms with Gasteiger partial charge in [0.15, 0.2) is 0 Å². The number of hydrogen-bond donors (Lipinski definition) is 1. The first kappa shape index (κ1) is 18.1. The fourth-order valence-corrected chi connectivity index (χ4v) is 3.72. The van der Waals surface area contributed by atoms with Gasteiger partial charge in [0.2, 0.25) is 10.0 Å². The Morgan fingerprint density at radius 1 is 1.19 bits per heavy atom. The molecule has 0 radical (unpaired) electrons. The molecule has 1 aromatic carbocycles. The quantitative estimate of drug-likeness (QED) is 0.842. The summed E-state index contributed by atoms with van der Waals surface area (Å²) in [7, 11) is -3.46. The number of nitrogens with two attached hydrogens (primary N) is 1. The van der Waals surface area contributed by atoms with Gasteiger partial charge in [-0.1, -0.05) is 46.8 Å². The Morgan fingerprint density at radius 2 is 1.71 bits per heavy atom. The highest BCUT2D eigenvalue weighted by Crippen LogP contribution is 2.23. The third-order valence-electron chi connectivity index (χ3n) is 3.69. The second-order valence-corrected chi connectivity index (χ2v) is 8.46. The zero-order valence-electron chi connectivity index (χ0n) is 13.8. The number of benzene rings is 1. The highest BCUT2D eigenvalue weighted by Gasteiger charge is 2.28. The minimum absolute atomic E-state index is 0.235. The van der Waals surface area contributed by atoms with Gasteiger partial charge in [0, 0.05) is 13.1 Å². The normalized spacial score (nSPS) is 13.1. The zero-order chi connectivity index (χ0) is 16.3. The number of nitrogens with zero attached hydrogens (tertiary/aromatic N) is 1. The molecule has 0 atom stereocenters. The highest BCUT2D eigenvalue weighted by molar-refractivity contribution is 7.89. The van der Waals surface area contributed by atoms with Crippen molar-refractivity contribution >= 4 is 10.0 Å². The van der Waals surface area contributed by atoms with Crippen molar-refractivity contribution in [2.45, 2.75) is 45.4 Å². The van der Waals surface area contributed by atoms with Crippen molar-refractivity contribution in [3.63, 3.8) is 0 Å². The van der Waals surface area contributed by atoms with Gasteiger partial charge in [-0.2, -0.15) is 4.31 Å². The number of hydrogen-bond acceptors (Lipinski definition) is 3. The second kappa shape index (κ2) is 6.90. The van der Waals surface area contributed by atoms with Gasteiger partial charge in [-0.3, -0.25) is 0 Å². The molecular formula is C16H28N2O2S. The van der Waals surface area contributed by atoms with Crippen LogP contribution in [-0.4, -0.2) is 32.4 Å². The van der Waals surface area contributed by atoms with Gasteiger partial charge in [-0.15, -0.1) is 0 Å². The van der Waals surface area contributed by atoms with E-state index in [0.717, 1.165) is 5.56 Å². The zero-order valence-corrected chi connectivity index (χ0v) is 14.6. The van der Waals surface area contributed by atoms with Crippen molar-refractivity contribution in [3.8, 4) is 0 Å². The summed E-state index contributed by atoms with van der Waals surface area (Å²) in [6.45, 7) is 11.3. The van der Waals surface area contributed by atoms with Crippen LogP contribution in [0.5, 0.6) is 0 Å². The topological polar surface area (TPSA) is 63.4 Å². The molecule has 5 heteroatoms. The smallest absolute Gasteiger partial charge is 0.243 e. The lowest BCUT2D eigenvalue weighted by Crippen LogP contribution is -2.41. The van der Waals surface area contributed by atoms with Crippen LogP contribution in [0.4, 0.5) is 0 Å². The van der Waals surface area contributed by atoms with E-state index in [1.165, 1.54) is 4.31 Å². The van der Waals surface area contributed by atoms with Crippen molar-refractivity contribution in [1.29, 1.82) is 0 Å². The van der Waals surface area contributed by atoms with E-state index >= 15 is 0 Å². The van der Waals surface area contributed by atoms with Crippen LogP contribution in [0.15, 0.2) is 29.2 Å². The van der Waals surface area contributed by atoms with E-state index in [1.54, 1.807) is 12.1 Å². The lowest BCUT2D eigenvalue weighted by atomic mass is 9.94. The van der Waals surface area contributed by atoms with E-state index in [0.29, 0.717) is 30.4 Å². The Balaban J connectivity index is 3.07. The van der Waals surface area contributed by atoms with Crippen molar-refractivity contribution in [3.05, 3.63) is 29.8 Å². The second-order valence-electron chi connectivity index (χ2n) is 6.52. The molecule has 0 bridgehead atoms. The SMILES string of the molecule is CCN(CC(C)(C)CN)S(=O)(=O)c1ccc(C(C)C)cc1. The van der Waals surface area contributed by atoms with Gasteiger partial charge in [0.05, 0.1) is 4.90 Å². The van der Waals surface area contributed by atoms with E-state index in [2.05, 4.69) is 13.8 Å². The molecule has 2 N–H and O–H groups in total. The molecule has 0 aliphatic rings. The van der Waals surface area contributed by atoms with Crippen LogP contribution in [0.25, 0.3) is 0 Å². The van der Waals surface area contributed by atoms with E-state index in [-0.39, 0.29) is 5.41 Å². The van der Waals surface area contributed by atoms with Crippen molar-refractivity contribution in [2.24, 2.45) is 11.1 Å². The van der Waals surface area contributed by atoms with Crippen molar-refractivity contribution < 1.29 is 8.42 Å². The predicted octanol–water partition coefficient (Wildman–Crippen LogP) is 2.81. The molecule has 0 aromatic heterocycles. The molecule has 120 valence electrons. The molecule has 4 nitrogen and oxygen atoms in total. The lowest BCUT2D eigenvalue weighted by molar-refractivity contribution is 0.273. The average molecular weight is 312 g/mol. The Kier molecular flexibility index (Phi) is 5.96. The minimum atomic E-state index is -3.46. The summed E-state index contributed by atoms with van der Waals surface area (Å²) in [6.07, 6.45) is 0. The third kappa shape index (κ3) is 4.53. The third-order valence-corrected chi connectivity index (χ3v) is 5.63. The summed E-state index contributed by atoms with van der Waals surface area (Å²) in [6, 6.07) is 7.17. The van der Waals surface area contributed by atoms with Crippen LogP contribution in [0, 0.1) is 5.41 Å². The first-order valence-corrected chi connectivity index (χ1v) is 8.88. The van der Waals surface area contributed by atoms with E-state index in [9.17, 15) is 8.42 Å². The Labute approximate surface area is 129 Å². The van der Waals surface area contributed by atoms with E-state index < -0.39 is 10.0 Å². The highest BCUT2D eigenvalue weighted by atomic mass is 32.2. The number of rotatable bonds is 7. The summed E-state index contributed by atoms with van der Waals surface area (Å²) in [4.78, 5) is 0.349. The Morgan fingerprint density at radius 3 is 2.10 bits per heavy atom. The van der Waals surface area contributed by atoms with Crippen molar-refractivity contribution in [2.75, 3.05) is 19.6 Å². The molecule has 0 fully saturated rings. The van der Waals surface area contributed by atoms with Crippen LogP contribution in [-0.2, 0) is 10.0 Å². The first-order valence-electron chi connectivity index (χ1n) is 7.44. The average Bonchev–Trinajstić information content (AvgIpc) is 2.44. The van der Waals surface area contributed by atoms with Crippen LogP contribution < -0.4 is 5.73 Å². The van der Waals surface area contributed by atoms with Gasteiger partial charge in [0.1, 0.15) is 0 Å². The molecule has 0 amide bonds. The molecular weight excluding hydrogens is 284 g/mol. The van der Waals surface area contributed by atoms with Crippen LogP contribution in [0.2, 0.25) is 0 Å². The molecule has 0 spiro atoms. The summed E-state index contributed by atoms with van der Waals surface area (Å²) in [5.74, 6) is 0.389. The van der Waals surface area contributed by atoms with Gasteiger partial charge >= 0.3 is 0 Å². The molecule has 0 saturated heterocycles. The van der Waals surface area contributed by atoms with Gasteiger partial charge in [-0.25, -0.2) is 8.42 Å². The van der Waals surface area contributed by atoms with Crippen LogP contribution in [0.3, 0.4) is 0 Å². The largest absolute Gasteiger partial charge is 0.330 e. The molecule has 0 aliphatic heterocycles. The fraction of sp³-hybridized carbons (Fsp3) is 0.625. The van der Waals surface area contributed by atoms with Crippen molar-refractivity contribution in [1.82, 2.24) is 4.31 Å². The first-order chi connectivity index (χ1) is 9.64. The standard InChI is InChI=1S/C16H28N2O2S/c1-6-18(12-16(4,5)11-17)21(19,20)15-9-7-14(8-10-15)13(2)3/h7-10,13H,6,11-12,17H2,1-5H3. The van der Waals surface area contributed by atoms with Gasteiger partial charge in [-0.05, 0) is 35.6 Å². The number of sulfonamides is 1. The predicted molar refractivity (Wildman–Crippen MR) is 87.8 cm³/mol. The summed E-state index contributed by atoms with van der Waals surface area (Å²) in [5, 5.41) is 0. The Hall–Kier alpha value is -0.910. The monoisotopic (exact) mass is 312 g/mol. The fourth-order valence-electron chi connectivity index (χ4n) is 2.08. The maximum absolute atomic E-state index is 12.7. The summed E-state index contributed by atoms with van der Waals surface area (Å²) in [5.41, 5.74) is 6.63. The maximum Gasteiger partial charge on any atom is 0.243 e. The summed E-state index contributed by atoms with van der Waals surface area (Å²) >= 11 is 0. The summed E-state index contributed by atoms with van der Waals surface area (Å²) < 4.78 is 27.0. The molecule has 1 rings (SSSR count). The molecule has 0 unspecified atom stereocenters. The maximum atomic E-state index is 12.7. The van der Waals surface area contributed by atoms with E-state index in [1.807, 2.05) is 32.9 Å². The Bertz CT molecular complexity index is 548. The molecule has 1 aromatic rings.